The smallest absolute Gasteiger partial charge is 0.0443 e. The van der Waals surface area contributed by atoms with Crippen LogP contribution in [-0.2, 0) is 6.42 Å². The molecular formula is C13H20ClN. The van der Waals surface area contributed by atoms with Crippen molar-refractivity contribution in [3.05, 3.63) is 34.3 Å². The van der Waals surface area contributed by atoms with Crippen LogP contribution in [0.4, 0.5) is 0 Å². The second-order valence-electron chi connectivity index (χ2n) is 4.02. The summed E-state index contributed by atoms with van der Waals surface area (Å²) in [6.45, 7) is 5.41. The minimum atomic E-state index is 0.552. The van der Waals surface area contributed by atoms with E-state index in [2.05, 4.69) is 37.4 Å². The molecule has 0 bridgehead atoms. The summed E-state index contributed by atoms with van der Waals surface area (Å²) in [5.41, 5.74) is 2.58. The zero-order valence-corrected chi connectivity index (χ0v) is 10.6. The fourth-order valence-corrected chi connectivity index (χ4v) is 2.00. The van der Waals surface area contributed by atoms with Crippen LogP contribution in [0, 0.1) is 0 Å². The number of nitrogens with one attached hydrogen (secondary N) is 1. The summed E-state index contributed by atoms with van der Waals surface area (Å²) in [5.74, 6) is 0.552. The molecule has 0 aliphatic rings. The normalized spacial score (nSPS) is 12.8. The molecule has 0 aromatic heterocycles. The molecule has 1 nitrogen and oxygen atoms in total. The molecule has 0 saturated carbocycles. The third kappa shape index (κ3) is 3.51. The second kappa shape index (κ2) is 6.14. The van der Waals surface area contributed by atoms with Gasteiger partial charge in [-0.3, -0.25) is 0 Å². The van der Waals surface area contributed by atoms with Gasteiger partial charge in [0.1, 0.15) is 0 Å². The Balaban J connectivity index is 2.78. The van der Waals surface area contributed by atoms with Crippen LogP contribution >= 0.6 is 11.6 Å². The van der Waals surface area contributed by atoms with Gasteiger partial charge >= 0.3 is 0 Å². The van der Waals surface area contributed by atoms with E-state index in [9.17, 15) is 0 Å². The van der Waals surface area contributed by atoms with Crippen LogP contribution in [0.25, 0.3) is 0 Å². The van der Waals surface area contributed by atoms with E-state index in [0.29, 0.717) is 5.92 Å². The summed E-state index contributed by atoms with van der Waals surface area (Å²) < 4.78 is 0. The predicted octanol–water partition coefficient (Wildman–Crippen LogP) is 3.62. The van der Waals surface area contributed by atoms with Gasteiger partial charge in [0, 0.05) is 5.02 Å². The van der Waals surface area contributed by atoms with E-state index in [1.807, 2.05) is 7.05 Å². The first-order chi connectivity index (χ1) is 7.19. The molecule has 1 N–H and O–H groups in total. The minimum absolute atomic E-state index is 0.552. The fourth-order valence-electron chi connectivity index (χ4n) is 1.62. The van der Waals surface area contributed by atoms with Crippen molar-refractivity contribution in [1.29, 1.82) is 0 Å². The van der Waals surface area contributed by atoms with Crippen molar-refractivity contribution < 1.29 is 0 Å². The van der Waals surface area contributed by atoms with Crippen LogP contribution in [-0.4, -0.2) is 13.6 Å². The van der Waals surface area contributed by atoms with Gasteiger partial charge in [-0.05, 0) is 49.5 Å². The molecule has 0 amide bonds. The molecule has 1 rings (SSSR count). The van der Waals surface area contributed by atoms with E-state index in [4.69, 9.17) is 11.6 Å². The van der Waals surface area contributed by atoms with Gasteiger partial charge < -0.3 is 5.32 Å². The minimum Gasteiger partial charge on any atom is -0.319 e. The van der Waals surface area contributed by atoms with Crippen molar-refractivity contribution in [2.24, 2.45) is 0 Å². The molecule has 2 heteroatoms. The number of hydrogen-bond donors (Lipinski definition) is 1. The van der Waals surface area contributed by atoms with Gasteiger partial charge in [-0.1, -0.05) is 37.6 Å². The Morgan fingerprint density at radius 3 is 2.67 bits per heavy atom. The van der Waals surface area contributed by atoms with Crippen molar-refractivity contribution in [1.82, 2.24) is 5.32 Å². The molecule has 1 aromatic rings. The number of hydrogen-bond acceptors (Lipinski definition) is 1. The summed E-state index contributed by atoms with van der Waals surface area (Å²) in [6, 6.07) is 6.45. The maximum Gasteiger partial charge on any atom is 0.0443 e. The lowest BCUT2D eigenvalue weighted by Gasteiger charge is -2.12. The molecule has 0 radical (unpaired) electrons. The lowest BCUT2D eigenvalue weighted by molar-refractivity contribution is 0.732. The van der Waals surface area contributed by atoms with Crippen molar-refractivity contribution in [3.63, 3.8) is 0 Å². The SMILES string of the molecule is CCC(C)c1ccc(CCNC)cc1Cl. The van der Waals surface area contributed by atoms with Gasteiger partial charge in [0.05, 0.1) is 0 Å². The third-order valence-corrected chi connectivity index (χ3v) is 3.20. The lowest BCUT2D eigenvalue weighted by Crippen LogP contribution is -2.10. The molecule has 0 aliphatic carbocycles. The summed E-state index contributed by atoms with van der Waals surface area (Å²) >= 11 is 6.26. The zero-order valence-electron chi connectivity index (χ0n) is 9.81. The summed E-state index contributed by atoms with van der Waals surface area (Å²) in [7, 11) is 1.97. The van der Waals surface area contributed by atoms with Crippen molar-refractivity contribution >= 4 is 11.6 Å². The Morgan fingerprint density at radius 2 is 2.13 bits per heavy atom. The molecule has 1 aromatic carbocycles. The molecule has 0 spiro atoms. The Morgan fingerprint density at radius 1 is 1.40 bits per heavy atom. The molecule has 84 valence electrons. The highest BCUT2D eigenvalue weighted by atomic mass is 35.5. The molecule has 0 heterocycles. The van der Waals surface area contributed by atoms with Crippen LogP contribution in [0.1, 0.15) is 37.3 Å². The molecule has 1 unspecified atom stereocenters. The molecule has 1 atom stereocenters. The Hall–Kier alpha value is -0.530. The molecule has 0 aliphatic heterocycles. The van der Waals surface area contributed by atoms with Crippen LogP contribution in [0.5, 0.6) is 0 Å². The Bertz CT molecular complexity index is 309. The third-order valence-electron chi connectivity index (χ3n) is 2.87. The second-order valence-corrected chi connectivity index (χ2v) is 4.43. The highest BCUT2D eigenvalue weighted by Gasteiger charge is 2.07. The highest BCUT2D eigenvalue weighted by Crippen LogP contribution is 2.27. The van der Waals surface area contributed by atoms with Crippen molar-refractivity contribution in [3.8, 4) is 0 Å². The van der Waals surface area contributed by atoms with Gasteiger partial charge in [0.2, 0.25) is 0 Å². The van der Waals surface area contributed by atoms with Crippen molar-refractivity contribution in [2.75, 3.05) is 13.6 Å². The number of likely N-dealkylation sites (N-methyl/N-ethyl adjacent to an activating group) is 1. The van der Waals surface area contributed by atoms with Gasteiger partial charge in [0.15, 0.2) is 0 Å². The van der Waals surface area contributed by atoms with E-state index >= 15 is 0 Å². The molecule has 0 saturated heterocycles. The summed E-state index contributed by atoms with van der Waals surface area (Å²) in [6.07, 6.45) is 2.17. The van der Waals surface area contributed by atoms with Crippen LogP contribution in [0.2, 0.25) is 5.02 Å². The number of rotatable bonds is 5. The topological polar surface area (TPSA) is 12.0 Å². The van der Waals surface area contributed by atoms with Crippen molar-refractivity contribution in [2.45, 2.75) is 32.6 Å². The maximum atomic E-state index is 6.26. The number of benzene rings is 1. The Labute approximate surface area is 97.8 Å². The first-order valence-electron chi connectivity index (χ1n) is 5.62. The zero-order chi connectivity index (χ0) is 11.3. The molecular weight excluding hydrogens is 206 g/mol. The summed E-state index contributed by atoms with van der Waals surface area (Å²) in [5, 5.41) is 4.06. The van der Waals surface area contributed by atoms with E-state index < -0.39 is 0 Å². The van der Waals surface area contributed by atoms with Gasteiger partial charge in [-0.25, -0.2) is 0 Å². The van der Waals surface area contributed by atoms with Gasteiger partial charge in [-0.2, -0.15) is 0 Å². The maximum absolute atomic E-state index is 6.26. The average molecular weight is 226 g/mol. The van der Waals surface area contributed by atoms with Gasteiger partial charge in [0.25, 0.3) is 0 Å². The quantitative estimate of drug-likeness (QED) is 0.807. The first kappa shape index (κ1) is 12.5. The van der Waals surface area contributed by atoms with E-state index in [1.165, 1.54) is 11.1 Å². The lowest BCUT2D eigenvalue weighted by atomic mass is 9.97. The molecule has 15 heavy (non-hydrogen) atoms. The first-order valence-corrected chi connectivity index (χ1v) is 5.99. The Kier molecular flexibility index (Phi) is 5.13. The van der Waals surface area contributed by atoms with Crippen LogP contribution in [0.15, 0.2) is 18.2 Å². The summed E-state index contributed by atoms with van der Waals surface area (Å²) in [4.78, 5) is 0. The largest absolute Gasteiger partial charge is 0.319 e. The average Bonchev–Trinajstić information content (AvgIpc) is 2.25. The van der Waals surface area contributed by atoms with Crippen LogP contribution < -0.4 is 5.32 Å². The van der Waals surface area contributed by atoms with E-state index in [0.717, 1.165) is 24.4 Å². The fraction of sp³-hybridized carbons (Fsp3) is 0.538. The predicted molar refractivity (Wildman–Crippen MR) is 67.8 cm³/mol. The highest BCUT2D eigenvalue weighted by molar-refractivity contribution is 6.31. The standard InChI is InChI=1S/C13H20ClN/c1-4-10(2)12-6-5-11(7-8-15-3)9-13(12)14/h5-6,9-10,15H,4,7-8H2,1-3H3. The number of halogens is 1. The monoisotopic (exact) mass is 225 g/mol. The van der Waals surface area contributed by atoms with Gasteiger partial charge in [-0.15, -0.1) is 0 Å². The van der Waals surface area contributed by atoms with E-state index in [-0.39, 0.29) is 0 Å². The van der Waals surface area contributed by atoms with E-state index in [1.54, 1.807) is 0 Å². The van der Waals surface area contributed by atoms with Crippen LogP contribution in [0.3, 0.4) is 0 Å². The molecule has 0 fully saturated rings.